The van der Waals surface area contributed by atoms with Gasteiger partial charge in [-0.25, -0.2) is 0 Å². The molecular weight excluding hydrogens is 263 g/mol. The highest BCUT2D eigenvalue weighted by Crippen LogP contribution is 2.31. The number of rotatable bonds is 0. The van der Waals surface area contributed by atoms with Gasteiger partial charge in [0.1, 0.15) is 0 Å². The van der Waals surface area contributed by atoms with Gasteiger partial charge in [0, 0.05) is 23.9 Å². The van der Waals surface area contributed by atoms with Crippen LogP contribution in [-0.2, 0) is 13.1 Å². The van der Waals surface area contributed by atoms with E-state index in [1.54, 1.807) is 0 Å². The minimum Gasteiger partial charge on any atom is -0.343 e. The number of fused-ring (bicyclic) bond motifs is 1. The second kappa shape index (κ2) is 4.86. The highest BCUT2D eigenvalue weighted by Gasteiger charge is 2.25. The van der Waals surface area contributed by atoms with Crippen LogP contribution in [0, 0.1) is 0 Å². The number of halogens is 2. The molecule has 0 N–H and O–H groups in total. The van der Waals surface area contributed by atoms with Crippen LogP contribution in [0.4, 0.5) is 0 Å². The zero-order chi connectivity index (χ0) is 10.3. The number of amidine groups is 1. The molecule has 1 aromatic carbocycles. The third-order valence-corrected chi connectivity index (χ3v) is 4.15. The third kappa shape index (κ3) is 2.04. The predicted octanol–water partition coefficient (Wildman–Crippen LogP) is 3.18. The van der Waals surface area contributed by atoms with E-state index in [0.29, 0.717) is 0 Å². The summed E-state index contributed by atoms with van der Waals surface area (Å²) in [6.45, 7) is 2.84. The van der Waals surface area contributed by atoms with E-state index >= 15 is 0 Å². The standard InChI is InChI=1S/C11H11ClN2S.ClH/c12-10-3-1-2-8-6-14(7-9(8)10)11-13-4-5-15-11;/h1-3H,4-7H2;1H. The zero-order valence-electron chi connectivity index (χ0n) is 8.65. The largest absolute Gasteiger partial charge is 0.343 e. The van der Waals surface area contributed by atoms with Gasteiger partial charge in [0.25, 0.3) is 0 Å². The first-order valence-electron chi connectivity index (χ1n) is 5.03. The minimum absolute atomic E-state index is 0. The van der Waals surface area contributed by atoms with E-state index < -0.39 is 0 Å². The summed E-state index contributed by atoms with van der Waals surface area (Å²) >= 11 is 8.02. The van der Waals surface area contributed by atoms with Crippen LogP contribution in [0.2, 0.25) is 5.02 Å². The Kier molecular flexibility index (Phi) is 3.67. The zero-order valence-corrected chi connectivity index (χ0v) is 11.0. The number of aliphatic imine (C=N–C) groups is 1. The van der Waals surface area contributed by atoms with Crippen molar-refractivity contribution in [2.24, 2.45) is 4.99 Å². The average molecular weight is 275 g/mol. The number of hydrogen-bond donors (Lipinski definition) is 0. The molecule has 2 nitrogen and oxygen atoms in total. The van der Waals surface area contributed by atoms with Gasteiger partial charge < -0.3 is 4.90 Å². The van der Waals surface area contributed by atoms with Crippen LogP contribution < -0.4 is 0 Å². The molecule has 0 amide bonds. The van der Waals surface area contributed by atoms with Crippen molar-refractivity contribution in [1.29, 1.82) is 0 Å². The Morgan fingerprint density at radius 3 is 2.88 bits per heavy atom. The number of benzene rings is 1. The van der Waals surface area contributed by atoms with Crippen LogP contribution in [-0.4, -0.2) is 22.4 Å². The summed E-state index contributed by atoms with van der Waals surface area (Å²) in [7, 11) is 0. The van der Waals surface area contributed by atoms with Crippen LogP contribution in [0.25, 0.3) is 0 Å². The van der Waals surface area contributed by atoms with E-state index in [1.165, 1.54) is 16.3 Å². The molecule has 0 fully saturated rings. The lowest BCUT2D eigenvalue weighted by Crippen LogP contribution is -2.21. The molecule has 3 rings (SSSR count). The topological polar surface area (TPSA) is 15.6 Å². The molecule has 86 valence electrons. The maximum Gasteiger partial charge on any atom is 0.159 e. The molecule has 2 aliphatic rings. The normalized spacial score (nSPS) is 18.1. The first-order valence-corrected chi connectivity index (χ1v) is 6.39. The van der Waals surface area contributed by atoms with Gasteiger partial charge >= 0.3 is 0 Å². The average Bonchev–Trinajstić information content (AvgIpc) is 2.86. The summed E-state index contributed by atoms with van der Waals surface area (Å²) in [5, 5.41) is 2.07. The fraction of sp³-hybridized carbons (Fsp3) is 0.364. The van der Waals surface area contributed by atoms with Crippen molar-refractivity contribution in [3.05, 3.63) is 34.3 Å². The van der Waals surface area contributed by atoms with Crippen molar-refractivity contribution in [1.82, 2.24) is 4.90 Å². The second-order valence-corrected chi connectivity index (χ2v) is 5.22. The van der Waals surface area contributed by atoms with E-state index in [4.69, 9.17) is 11.6 Å². The Labute approximate surface area is 110 Å². The minimum atomic E-state index is 0. The summed E-state index contributed by atoms with van der Waals surface area (Å²) < 4.78 is 0. The summed E-state index contributed by atoms with van der Waals surface area (Å²) in [5.74, 6) is 1.12. The number of thioether (sulfide) groups is 1. The molecule has 0 unspecified atom stereocenters. The lowest BCUT2D eigenvalue weighted by Gasteiger charge is -2.15. The summed E-state index contributed by atoms with van der Waals surface area (Å²) in [6.07, 6.45) is 0. The van der Waals surface area contributed by atoms with Gasteiger partial charge in [-0.15, -0.1) is 12.4 Å². The van der Waals surface area contributed by atoms with Gasteiger partial charge in [0.2, 0.25) is 0 Å². The first-order chi connectivity index (χ1) is 7.34. The fourth-order valence-corrected chi connectivity index (χ4v) is 3.14. The van der Waals surface area contributed by atoms with Crippen molar-refractivity contribution >= 4 is 40.9 Å². The molecule has 2 heterocycles. The molecular formula is C11H12Cl2N2S. The molecule has 0 saturated heterocycles. The molecule has 2 aliphatic heterocycles. The molecule has 0 atom stereocenters. The van der Waals surface area contributed by atoms with E-state index in [2.05, 4.69) is 16.0 Å². The van der Waals surface area contributed by atoms with E-state index in [1.807, 2.05) is 23.9 Å². The van der Waals surface area contributed by atoms with Crippen molar-refractivity contribution in [3.63, 3.8) is 0 Å². The Balaban J connectivity index is 0.000000963. The lowest BCUT2D eigenvalue weighted by atomic mass is 10.1. The number of hydrogen-bond acceptors (Lipinski definition) is 3. The Morgan fingerprint density at radius 1 is 1.31 bits per heavy atom. The monoisotopic (exact) mass is 274 g/mol. The Bertz CT molecular complexity index is 434. The van der Waals surface area contributed by atoms with Gasteiger partial charge in [-0.2, -0.15) is 0 Å². The molecule has 0 bridgehead atoms. The SMILES string of the molecule is Cl.Clc1cccc2c1CN(C1=NCCS1)C2. The van der Waals surface area contributed by atoms with E-state index in [-0.39, 0.29) is 12.4 Å². The Morgan fingerprint density at radius 2 is 2.19 bits per heavy atom. The maximum absolute atomic E-state index is 6.17. The quantitative estimate of drug-likeness (QED) is 0.722. The molecule has 1 aromatic rings. The molecule has 0 spiro atoms. The number of nitrogens with zero attached hydrogens (tertiary/aromatic N) is 2. The first kappa shape index (κ1) is 12.1. The van der Waals surface area contributed by atoms with E-state index in [0.717, 1.165) is 30.4 Å². The second-order valence-electron chi connectivity index (χ2n) is 3.75. The molecule has 0 aromatic heterocycles. The maximum atomic E-state index is 6.17. The summed E-state index contributed by atoms with van der Waals surface area (Å²) in [4.78, 5) is 6.81. The van der Waals surface area contributed by atoms with Crippen LogP contribution in [0.3, 0.4) is 0 Å². The predicted molar refractivity (Wildman–Crippen MR) is 72.7 cm³/mol. The Hall–Kier alpha value is -0.380. The molecule has 0 saturated carbocycles. The molecule has 5 heteroatoms. The molecule has 0 aliphatic carbocycles. The van der Waals surface area contributed by atoms with Crippen molar-refractivity contribution in [3.8, 4) is 0 Å². The highest BCUT2D eigenvalue weighted by atomic mass is 35.5. The van der Waals surface area contributed by atoms with Gasteiger partial charge in [0.15, 0.2) is 5.17 Å². The van der Waals surface area contributed by atoms with Gasteiger partial charge in [-0.05, 0) is 17.2 Å². The summed E-state index contributed by atoms with van der Waals surface area (Å²) in [5.41, 5.74) is 2.62. The highest BCUT2D eigenvalue weighted by molar-refractivity contribution is 8.14. The van der Waals surface area contributed by atoms with Crippen LogP contribution in [0.5, 0.6) is 0 Å². The van der Waals surface area contributed by atoms with Crippen LogP contribution in [0.1, 0.15) is 11.1 Å². The van der Waals surface area contributed by atoms with Crippen molar-refractivity contribution in [2.75, 3.05) is 12.3 Å². The van der Waals surface area contributed by atoms with Crippen LogP contribution in [0.15, 0.2) is 23.2 Å². The van der Waals surface area contributed by atoms with Gasteiger partial charge in [-0.3, -0.25) is 4.99 Å². The van der Waals surface area contributed by atoms with Crippen molar-refractivity contribution < 1.29 is 0 Å². The van der Waals surface area contributed by atoms with E-state index in [9.17, 15) is 0 Å². The lowest BCUT2D eigenvalue weighted by molar-refractivity contribution is 0.456. The third-order valence-electron chi connectivity index (χ3n) is 2.77. The summed E-state index contributed by atoms with van der Waals surface area (Å²) in [6, 6.07) is 6.14. The smallest absolute Gasteiger partial charge is 0.159 e. The van der Waals surface area contributed by atoms with Crippen molar-refractivity contribution in [2.45, 2.75) is 13.1 Å². The van der Waals surface area contributed by atoms with Gasteiger partial charge in [0.05, 0.1) is 6.54 Å². The fourth-order valence-electron chi connectivity index (χ4n) is 2.03. The molecule has 16 heavy (non-hydrogen) atoms. The van der Waals surface area contributed by atoms with Crippen LogP contribution >= 0.6 is 35.8 Å². The van der Waals surface area contributed by atoms with Gasteiger partial charge in [-0.1, -0.05) is 35.5 Å². The molecule has 0 radical (unpaired) electrons.